The molecule has 2 N–H and O–H groups in total. The summed E-state index contributed by atoms with van der Waals surface area (Å²) in [5.74, 6) is 0.592. The molecule has 0 bridgehead atoms. The zero-order valence-corrected chi connectivity index (χ0v) is 11.0. The van der Waals surface area contributed by atoms with Gasteiger partial charge in [0.05, 0.1) is 0 Å². The van der Waals surface area contributed by atoms with Crippen molar-refractivity contribution < 1.29 is 4.79 Å². The number of aromatic nitrogens is 2. The Hall–Kier alpha value is -2.43. The minimum atomic E-state index is -0.173. The lowest BCUT2D eigenvalue weighted by Gasteiger charge is -2.07. The molecular formula is C15H16N4O. The van der Waals surface area contributed by atoms with Gasteiger partial charge in [-0.15, -0.1) is 0 Å². The van der Waals surface area contributed by atoms with Gasteiger partial charge in [-0.25, -0.2) is 4.98 Å². The smallest absolute Gasteiger partial charge is 0.270 e. The quantitative estimate of drug-likeness (QED) is 0.870. The number of carbonyl (C=O) groups excluding carboxylic acids is 1. The van der Waals surface area contributed by atoms with Gasteiger partial charge in [0.2, 0.25) is 0 Å². The zero-order valence-electron chi connectivity index (χ0n) is 11.0. The van der Waals surface area contributed by atoms with Crippen molar-refractivity contribution in [3.8, 4) is 0 Å². The molecule has 102 valence electrons. The number of nitrogens with one attached hydrogen (secondary N) is 2. The van der Waals surface area contributed by atoms with Crippen molar-refractivity contribution in [2.75, 3.05) is 5.32 Å². The molecule has 2 heterocycles. The Morgan fingerprint density at radius 1 is 1.25 bits per heavy atom. The van der Waals surface area contributed by atoms with E-state index in [1.54, 1.807) is 18.5 Å². The van der Waals surface area contributed by atoms with Crippen LogP contribution in [0.15, 0.2) is 42.7 Å². The summed E-state index contributed by atoms with van der Waals surface area (Å²) in [6.45, 7) is 0.453. The minimum absolute atomic E-state index is 0.173. The largest absolute Gasteiger partial charge is 0.367 e. The van der Waals surface area contributed by atoms with E-state index in [-0.39, 0.29) is 5.91 Å². The monoisotopic (exact) mass is 268 g/mol. The molecule has 0 spiro atoms. The number of pyridine rings is 2. The fraction of sp³-hybridized carbons (Fsp3) is 0.267. The maximum Gasteiger partial charge on any atom is 0.270 e. The first-order chi connectivity index (χ1) is 9.81. The summed E-state index contributed by atoms with van der Waals surface area (Å²) in [6, 6.07) is 9.74. The van der Waals surface area contributed by atoms with Crippen molar-refractivity contribution in [2.45, 2.75) is 25.4 Å². The molecule has 0 radical (unpaired) electrons. The van der Waals surface area contributed by atoms with Crippen LogP contribution in [0.5, 0.6) is 0 Å². The summed E-state index contributed by atoms with van der Waals surface area (Å²) >= 11 is 0. The van der Waals surface area contributed by atoms with Crippen LogP contribution in [0.2, 0.25) is 0 Å². The number of rotatable bonds is 5. The van der Waals surface area contributed by atoms with E-state index >= 15 is 0 Å². The van der Waals surface area contributed by atoms with E-state index in [4.69, 9.17) is 0 Å². The SMILES string of the molecule is O=C(NCc1cccnc1)c1cccc(NC2CC2)n1. The summed E-state index contributed by atoms with van der Waals surface area (Å²) in [5.41, 5.74) is 1.40. The maximum atomic E-state index is 12.0. The van der Waals surface area contributed by atoms with Crippen LogP contribution in [-0.2, 0) is 6.54 Å². The summed E-state index contributed by atoms with van der Waals surface area (Å²) in [5, 5.41) is 6.13. The second-order valence-electron chi connectivity index (χ2n) is 4.87. The van der Waals surface area contributed by atoms with Crippen LogP contribution in [0.3, 0.4) is 0 Å². The first-order valence-electron chi connectivity index (χ1n) is 6.72. The fourth-order valence-electron chi connectivity index (χ4n) is 1.85. The molecule has 20 heavy (non-hydrogen) atoms. The van der Waals surface area contributed by atoms with E-state index in [0.29, 0.717) is 18.3 Å². The third-order valence-electron chi connectivity index (χ3n) is 3.09. The predicted molar refractivity (Wildman–Crippen MR) is 76.3 cm³/mol. The number of amides is 1. The van der Waals surface area contributed by atoms with Gasteiger partial charge in [-0.1, -0.05) is 12.1 Å². The second kappa shape index (κ2) is 5.69. The van der Waals surface area contributed by atoms with Crippen LogP contribution < -0.4 is 10.6 Å². The Labute approximate surface area is 117 Å². The Morgan fingerprint density at radius 3 is 2.90 bits per heavy atom. The van der Waals surface area contributed by atoms with Crippen molar-refractivity contribution in [3.05, 3.63) is 54.0 Å². The average molecular weight is 268 g/mol. The highest BCUT2D eigenvalue weighted by atomic mass is 16.1. The molecule has 1 amide bonds. The highest BCUT2D eigenvalue weighted by Crippen LogP contribution is 2.23. The van der Waals surface area contributed by atoms with E-state index in [0.717, 1.165) is 11.4 Å². The third-order valence-corrected chi connectivity index (χ3v) is 3.09. The van der Waals surface area contributed by atoms with E-state index < -0.39 is 0 Å². The molecule has 0 saturated heterocycles. The Morgan fingerprint density at radius 2 is 2.15 bits per heavy atom. The van der Waals surface area contributed by atoms with Gasteiger partial charge >= 0.3 is 0 Å². The van der Waals surface area contributed by atoms with Gasteiger partial charge in [-0.2, -0.15) is 0 Å². The molecule has 0 unspecified atom stereocenters. The normalized spacial score (nSPS) is 13.8. The molecule has 0 atom stereocenters. The van der Waals surface area contributed by atoms with E-state index in [2.05, 4.69) is 20.6 Å². The maximum absolute atomic E-state index is 12.0. The standard InChI is InChI=1S/C15H16N4O/c20-15(17-10-11-3-2-8-16-9-11)13-4-1-5-14(19-13)18-12-6-7-12/h1-5,8-9,12H,6-7,10H2,(H,17,20)(H,18,19). The van der Waals surface area contributed by atoms with E-state index in [1.807, 2.05) is 24.3 Å². The van der Waals surface area contributed by atoms with Gasteiger partial charge < -0.3 is 10.6 Å². The van der Waals surface area contributed by atoms with Crippen LogP contribution in [0.1, 0.15) is 28.9 Å². The summed E-state index contributed by atoms with van der Waals surface area (Å²) in [4.78, 5) is 20.4. The van der Waals surface area contributed by atoms with Crippen LogP contribution in [-0.4, -0.2) is 21.9 Å². The average Bonchev–Trinajstić information content (AvgIpc) is 3.30. The fourth-order valence-corrected chi connectivity index (χ4v) is 1.85. The molecule has 1 aliphatic carbocycles. The highest BCUT2D eigenvalue weighted by Gasteiger charge is 2.21. The topological polar surface area (TPSA) is 66.9 Å². The van der Waals surface area contributed by atoms with Gasteiger partial charge in [-0.05, 0) is 36.6 Å². The number of hydrogen-bond donors (Lipinski definition) is 2. The molecule has 1 fully saturated rings. The van der Waals surface area contributed by atoms with Crippen LogP contribution in [0.25, 0.3) is 0 Å². The van der Waals surface area contributed by atoms with Gasteiger partial charge in [0.15, 0.2) is 0 Å². The molecule has 1 aliphatic rings. The molecular weight excluding hydrogens is 252 g/mol. The summed E-state index contributed by atoms with van der Waals surface area (Å²) in [6.07, 6.45) is 5.80. The van der Waals surface area contributed by atoms with Crippen molar-refractivity contribution >= 4 is 11.7 Å². The summed E-state index contributed by atoms with van der Waals surface area (Å²) in [7, 11) is 0. The molecule has 5 nitrogen and oxygen atoms in total. The molecule has 2 aromatic heterocycles. The predicted octanol–water partition coefficient (Wildman–Crippen LogP) is 1.98. The van der Waals surface area contributed by atoms with Crippen LogP contribution >= 0.6 is 0 Å². The molecule has 1 saturated carbocycles. The Balaban J connectivity index is 1.61. The van der Waals surface area contributed by atoms with Gasteiger partial charge in [-0.3, -0.25) is 9.78 Å². The van der Waals surface area contributed by atoms with Crippen molar-refractivity contribution in [1.29, 1.82) is 0 Å². The Kier molecular flexibility index (Phi) is 3.58. The van der Waals surface area contributed by atoms with Crippen LogP contribution in [0, 0.1) is 0 Å². The van der Waals surface area contributed by atoms with E-state index in [1.165, 1.54) is 12.8 Å². The summed E-state index contributed by atoms with van der Waals surface area (Å²) < 4.78 is 0. The lowest BCUT2D eigenvalue weighted by Crippen LogP contribution is -2.24. The zero-order chi connectivity index (χ0) is 13.8. The minimum Gasteiger partial charge on any atom is -0.367 e. The van der Waals surface area contributed by atoms with Crippen molar-refractivity contribution in [3.63, 3.8) is 0 Å². The second-order valence-corrected chi connectivity index (χ2v) is 4.87. The van der Waals surface area contributed by atoms with Gasteiger partial charge in [0.1, 0.15) is 11.5 Å². The highest BCUT2D eigenvalue weighted by molar-refractivity contribution is 5.92. The molecule has 0 aromatic carbocycles. The third kappa shape index (κ3) is 3.32. The van der Waals surface area contributed by atoms with E-state index in [9.17, 15) is 4.79 Å². The lowest BCUT2D eigenvalue weighted by molar-refractivity contribution is 0.0946. The first kappa shape index (κ1) is 12.6. The Bertz CT molecular complexity index is 596. The molecule has 3 rings (SSSR count). The van der Waals surface area contributed by atoms with Gasteiger partial charge in [0.25, 0.3) is 5.91 Å². The van der Waals surface area contributed by atoms with Gasteiger partial charge in [0, 0.05) is 25.0 Å². The van der Waals surface area contributed by atoms with Crippen LogP contribution in [0.4, 0.5) is 5.82 Å². The number of nitrogens with zero attached hydrogens (tertiary/aromatic N) is 2. The van der Waals surface area contributed by atoms with Crippen molar-refractivity contribution in [1.82, 2.24) is 15.3 Å². The number of carbonyl (C=O) groups is 1. The van der Waals surface area contributed by atoms with Crippen molar-refractivity contribution in [2.24, 2.45) is 0 Å². The first-order valence-corrected chi connectivity index (χ1v) is 6.72. The lowest BCUT2D eigenvalue weighted by atomic mass is 10.2. The molecule has 0 aliphatic heterocycles. The molecule has 2 aromatic rings. The number of hydrogen-bond acceptors (Lipinski definition) is 4. The molecule has 5 heteroatoms. The number of anilines is 1.